The first kappa shape index (κ1) is 15.4. The van der Waals surface area contributed by atoms with E-state index in [-0.39, 0.29) is 0 Å². The number of halogens is 1. The Labute approximate surface area is 133 Å². The van der Waals surface area contributed by atoms with E-state index < -0.39 is 0 Å². The maximum atomic E-state index is 3.63. The summed E-state index contributed by atoms with van der Waals surface area (Å²) in [6, 6.07) is 11.1. The molecule has 1 heterocycles. The number of nitrogens with zero attached hydrogens (tertiary/aromatic N) is 1. The van der Waals surface area contributed by atoms with Crippen LogP contribution in [0.5, 0.6) is 0 Å². The molecule has 0 saturated heterocycles. The molecule has 1 aromatic carbocycles. The zero-order valence-electron chi connectivity index (χ0n) is 12.4. The van der Waals surface area contributed by atoms with E-state index >= 15 is 0 Å². The van der Waals surface area contributed by atoms with E-state index in [1.165, 1.54) is 15.4 Å². The smallest absolute Gasteiger partial charge is 0.0597 e. The van der Waals surface area contributed by atoms with Crippen LogP contribution >= 0.6 is 27.3 Å². The quantitative estimate of drug-likeness (QED) is 0.783. The van der Waals surface area contributed by atoms with Gasteiger partial charge in [-0.3, -0.25) is 0 Å². The molecule has 2 nitrogen and oxygen atoms in total. The standard InChI is InChI=1S/C16H21BrN2S/c1-5-13-7-9-16(20-13)11(2)18-14-10-12(17)6-8-15(14)19(3)4/h6-11,18H,5H2,1-4H3. The molecule has 0 bridgehead atoms. The van der Waals surface area contributed by atoms with Crippen LogP contribution in [0.15, 0.2) is 34.8 Å². The third kappa shape index (κ3) is 3.55. The highest BCUT2D eigenvalue weighted by Gasteiger charge is 2.12. The van der Waals surface area contributed by atoms with Gasteiger partial charge in [0, 0.05) is 28.3 Å². The zero-order valence-corrected chi connectivity index (χ0v) is 14.8. The Balaban J connectivity index is 2.22. The highest BCUT2D eigenvalue weighted by atomic mass is 79.9. The van der Waals surface area contributed by atoms with Gasteiger partial charge in [-0.2, -0.15) is 0 Å². The van der Waals surface area contributed by atoms with E-state index in [1.54, 1.807) is 0 Å². The van der Waals surface area contributed by atoms with Gasteiger partial charge in [-0.05, 0) is 43.7 Å². The second kappa shape index (κ2) is 6.64. The molecule has 1 aromatic heterocycles. The van der Waals surface area contributed by atoms with Crippen molar-refractivity contribution in [1.82, 2.24) is 0 Å². The highest BCUT2D eigenvalue weighted by molar-refractivity contribution is 9.10. The maximum Gasteiger partial charge on any atom is 0.0597 e. The molecule has 0 aliphatic carbocycles. The fraction of sp³-hybridized carbons (Fsp3) is 0.375. The van der Waals surface area contributed by atoms with Crippen LogP contribution in [-0.4, -0.2) is 14.1 Å². The number of nitrogens with one attached hydrogen (secondary N) is 1. The van der Waals surface area contributed by atoms with Gasteiger partial charge in [0.05, 0.1) is 17.4 Å². The molecule has 0 amide bonds. The minimum absolute atomic E-state index is 0.313. The second-order valence-corrected chi connectivity index (χ2v) is 7.20. The third-order valence-corrected chi connectivity index (χ3v) is 5.18. The average molecular weight is 353 g/mol. The number of anilines is 2. The summed E-state index contributed by atoms with van der Waals surface area (Å²) >= 11 is 5.44. The Bertz CT molecular complexity index is 578. The van der Waals surface area contributed by atoms with E-state index in [2.05, 4.69) is 84.4 Å². The highest BCUT2D eigenvalue weighted by Crippen LogP contribution is 2.32. The van der Waals surface area contributed by atoms with Crippen molar-refractivity contribution in [2.75, 3.05) is 24.3 Å². The molecular formula is C16H21BrN2S. The van der Waals surface area contributed by atoms with Gasteiger partial charge in [0.1, 0.15) is 0 Å². The van der Waals surface area contributed by atoms with Crippen molar-refractivity contribution < 1.29 is 0 Å². The molecule has 1 unspecified atom stereocenters. The second-order valence-electron chi connectivity index (χ2n) is 5.08. The molecule has 0 aliphatic rings. The van der Waals surface area contributed by atoms with Crippen molar-refractivity contribution in [2.24, 2.45) is 0 Å². The molecule has 0 saturated carbocycles. The number of aryl methyl sites for hydroxylation is 1. The van der Waals surface area contributed by atoms with Gasteiger partial charge in [-0.1, -0.05) is 22.9 Å². The molecule has 0 aliphatic heterocycles. The molecule has 2 aromatic rings. The maximum absolute atomic E-state index is 3.63. The summed E-state index contributed by atoms with van der Waals surface area (Å²) in [7, 11) is 4.14. The Hall–Kier alpha value is -1.00. The monoisotopic (exact) mass is 352 g/mol. The lowest BCUT2D eigenvalue weighted by Gasteiger charge is -2.21. The Morgan fingerprint density at radius 1 is 1.25 bits per heavy atom. The van der Waals surface area contributed by atoms with Crippen LogP contribution in [-0.2, 0) is 6.42 Å². The van der Waals surface area contributed by atoms with Crippen molar-refractivity contribution in [3.05, 3.63) is 44.6 Å². The number of rotatable bonds is 5. The Morgan fingerprint density at radius 3 is 2.60 bits per heavy atom. The molecule has 108 valence electrons. The summed E-state index contributed by atoms with van der Waals surface area (Å²) in [4.78, 5) is 4.95. The van der Waals surface area contributed by atoms with Gasteiger partial charge in [0.25, 0.3) is 0 Å². The first-order valence-corrected chi connectivity index (χ1v) is 8.44. The fourth-order valence-corrected chi connectivity index (χ4v) is 3.45. The van der Waals surface area contributed by atoms with Gasteiger partial charge in [-0.15, -0.1) is 11.3 Å². The molecule has 0 spiro atoms. The third-order valence-electron chi connectivity index (χ3n) is 3.27. The molecule has 1 N–H and O–H groups in total. The minimum Gasteiger partial charge on any atom is -0.376 e. The van der Waals surface area contributed by atoms with E-state index in [0.29, 0.717) is 6.04 Å². The zero-order chi connectivity index (χ0) is 14.7. The van der Waals surface area contributed by atoms with Crippen molar-refractivity contribution in [3.8, 4) is 0 Å². The van der Waals surface area contributed by atoms with Crippen molar-refractivity contribution in [1.29, 1.82) is 0 Å². The summed E-state index contributed by atoms with van der Waals surface area (Å²) in [5, 5.41) is 3.63. The summed E-state index contributed by atoms with van der Waals surface area (Å²) in [6.45, 7) is 4.41. The molecule has 2 rings (SSSR count). The van der Waals surface area contributed by atoms with Crippen LogP contribution < -0.4 is 10.2 Å². The predicted molar refractivity (Wildman–Crippen MR) is 94.2 cm³/mol. The summed E-state index contributed by atoms with van der Waals surface area (Å²) in [5.74, 6) is 0. The van der Waals surface area contributed by atoms with Crippen LogP contribution in [0.25, 0.3) is 0 Å². The minimum atomic E-state index is 0.313. The molecule has 1 atom stereocenters. The SMILES string of the molecule is CCc1ccc(C(C)Nc2cc(Br)ccc2N(C)C)s1. The van der Waals surface area contributed by atoms with Gasteiger partial charge < -0.3 is 10.2 Å². The Morgan fingerprint density at radius 2 is 2.00 bits per heavy atom. The van der Waals surface area contributed by atoms with Crippen LogP contribution in [0.3, 0.4) is 0 Å². The van der Waals surface area contributed by atoms with Gasteiger partial charge >= 0.3 is 0 Å². The Kier molecular flexibility index (Phi) is 5.11. The summed E-state index contributed by atoms with van der Waals surface area (Å²) in [6.07, 6.45) is 1.11. The number of benzene rings is 1. The predicted octanol–water partition coefficient (Wildman–Crippen LogP) is 5.31. The lowest BCUT2D eigenvalue weighted by molar-refractivity contribution is 0.905. The normalized spacial score (nSPS) is 12.2. The van der Waals surface area contributed by atoms with Crippen LogP contribution in [0.4, 0.5) is 11.4 Å². The van der Waals surface area contributed by atoms with Crippen LogP contribution in [0, 0.1) is 0 Å². The van der Waals surface area contributed by atoms with Gasteiger partial charge in [0.15, 0.2) is 0 Å². The lowest BCUT2D eigenvalue weighted by Crippen LogP contribution is -2.13. The first-order valence-electron chi connectivity index (χ1n) is 6.83. The van der Waals surface area contributed by atoms with Crippen molar-refractivity contribution >= 4 is 38.6 Å². The molecule has 0 radical (unpaired) electrons. The largest absolute Gasteiger partial charge is 0.376 e. The van der Waals surface area contributed by atoms with E-state index in [1.807, 2.05) is 11.3 Å². The van der Waals surface area contributed by atoms with Crippen LogP contribution in [0.2, 0.25) is 0 Å². The number of hydrogen-bond donors (Lipinski definition) is 1. The number of thiophene rings is 1. The summed E-state index contributed by atoms with van der Waals surface area (Å²) in [5.41, 5.74) is 2.36. The molecular weight excluding hydrogens is 332 g/mol. The van der Waals surface area contributed by atoms with Crippen LogP contribution in [0.1, 0.15) is 29.6 Å². The average Bonchev–Trinajstić information content (AvgIpc) is 2.87. The fourth-order valence-electron chi connectivity index (χ4n) is 2.14. The van der Waals surface area contributed by atoms with E-state index in [9.17, 15) is 0 Å². The van der Waals surface area contributed by atoms with E-state index in [4.69, 9.17) is 0 Å². The van der Waals surface area contributed by atoms with E-state index in [0.717, 1.165) is 16.6 Å². The molecule has 0 fully saturated rings. The van der Waals surface area contributed by atoms with Gasteiger partial charge in [-0.25, -0.2) is 0 Å². The first-order chi connectivity index (χ1) is 9.51. The topological polar surface area (TPSA) is 15.3 Å². The van der Waals surface area contributed by atoms with Crippen molar-refractivity contribution in [3.63, 3.8) is 0 Å². The molecule has 20 heavy (non-hydrogen) atoms. The molecule has 4 heteroatoms. The van der Waals surface area contributed by atoms with Gasteiger partial charge in [0.2, 0.25) is 0 Å². The summed E-state index contributed by atoms with van der Waals surface area (Å²) < 4.78 is 1.10. The van der Waals surface area contributed by atoms with Crippen molar-refractivity contribution in [2.45, 2.75) is 26.3 Å². The number of hydrogen-bond acceptors (Lipinski definition) is 3. The lowest BCUT2D eigenvalue weighted by atomic mass is 10.2.